The number of anilines is 2. The molecule has 23 heavy (non-hydrogen) atoms. The molecule has 6 nitrogen and oxygen atoms in total. The summed E-state index contributed by atoms with van der Waals surface area (Å²) in [5, 5.41) is 23.3. The first-order valence-corrected chi connectivity index (χ1v) is 7.55. The summed E-state index contributed by atoms with van der Waals surface area (Å²) >= 11 is 3.40. The van der Waals surface area contributed by atoms with Crippen LogP contribution in [0.15, 0.2) is 58.1 Å². The van der Waals surface area contributed by atoms with Crippen LogP contribution in [0.1, 0.15) is 5.56 Å². The maximum atomic E-state index is 8.88. The van der Waals surface area contributed by atoms with E-state index in [1.165, 1.54) is 0 Å². The summed E-state index contributed by atoms with van der Waals surface area (Å²) in [5.41, 5.74) is 10.5. The largest absolute Gasteiger partial charge is 0.382 e. The van der Waals surface area contributed by atoms with Crippen molar-refractivity contribution in [2.45, 2.75) is 6.54 Å². The smallest absolute Gasteiger partial charge is 0.201 e. The van der Waals surface area contributed by atoms with Crippen LogP contribution in [0.4, 0.5) is 11.4 Å². The Balaban J connectivity index is 2.17. The minimum atomic E-state index is -0.381. The molecule has 7 heteroatoms. The van der Waals surface area contributed by atoms with Gasteiger partial charge >= 0.3 is 0 Å². The van der Waals surface area contributed by atoms with Crippen LogP contribution in [-0.2, 0) is 6.54 Å². The van der Waals surface area contributed by atoms with Gasteiger partial charge in [-0.25, -0.2) is 0 Å². The third-order valence-electron chi connectivity index (χ3n) is 2.96. The Hall–Kier alpha value is -2.85. The van der Waals surface area contributed by atoms with Crippen LogP contribution in [0, 0.1) is 16.7 Å². The standard InChI is InChI=1S/C16H15BrN6/c17-12-6-7-13(21-10-11-4-2-1-3-5-11)14(8-12)22-23-15(9-18)16(19)20/h1-8,21-22H,10H2,(H3,19,20)/b23-15+. The van der Waals surface area contributed by atoms with Gasteiger partial charge in [-0.15, -0.1) is 0 Å². The quantitative estimate of drug-likeness (QED) is 0.355. The van der Waals surface area contributed by atoms with E-state index >= 15 is 0 Å². The minimum absolute atomic E-state index is 0.168. The lowest BCUT2D eigenvalue weighted by molar-refractivity contribution is 1.14. The fraction of sp³-hybridized carbons (Fsp3) is 0.0625. The van der Waals surface area contributed by atoms with Gasteiger partial charge in [0.15, 0.2) is 5.84 Å². The van der Waals surface area contributed by atoms with Gasteiger partial charge in [-0.05, 0) is 23.8 Å². The molecule has 2 aromatic carbocycles. The van der Waals surface area contributed by atoms with Gasteiger partial charge in [-0.1, -0.05) is 46.3 Å². The van der Waals surface area contributed by atoms with Crippen LogP contribution < -0.4 is 16.5 Å². The highest BCUT2D eigenvalue weighted by Crippen LogP contribution is 2.26. The Morgan fingerprint density at radius 3 is 2.61 bits per heavy atom. The molecule has 0 atom stereocenters. The van der Waals surface area contributed by atoms with Gasteiger partial charge in [-0.3, -0.25) is 10.8 Å². The molecule has 0 heterocycles. The number of hydrazone groups is 1. The van der Waals surface area contributed by atoms with Gasteiger partial charge in [0.2, 0.25) is 5.71 Å². The topological polar surface area (TPSA) is 110 Å². The van der Waals surface area contributed by atoms with Crippen molar-refractivity contribution in [1.82, 2.24) is 0 Å². The molecule has 2 aromatic rings. The molecule has 0 fully saturated rings. The summed E-state index contributed by atoms with van der Waals surface area (Å²) < 4.78 is 0.863. The van der Waals surface area contributed by atoms with E-state index in [9.17, 15) is 0 Å². The average molecular weight is 371 g/mol. The predicted molar refractivity (Wildman–Crippen MR) is 96.5 cm³/mol. The number of hydrogen-bond acceptors (Lipinski definition) is 5. The minimum Gasteiger partial charge on any atom is -0.382 e. The fourth-order valence-corrected chi connectivity index (χ4v) is 2.18. The summed E-state index contributed by atoms with van der Waals surface area (Å²) in [6, 6.07) is 17.4. The van der Waals surface area contributed by atoms with Crippen molar-refractivity contribution < 1.29 is 0 Å². The third-order valence-corrected chi connectivity index (χ3v) is 3.45. The van der Waals surface area contributed by atoms with Crippen LogP contribution >= 0.6 is 15.9 Å². The van der Waals surface area contributed by atoms with E-state index in [1.54, 1.807) is 6.07 Å². The molecule has 0 aliphatic carbocycles. The molecule has 0 saturated heterocycles. The van der Waals surface area contributed by atoms with E-state index in [0.29, 0.717) is 12.2 Å². The summed E-state index contributed by atoms with van der Waals surface area (Å²) in [5.74, 6) is -0.381. The number of amidine groups is 1. The Morgan fingerprint density at radius 1 is 1.22 bits per heavy atom. The number of nitrogens with zero attached hydrogens (tertiary/aromatic N) is 2. The highest BCUT2D eigenvalue weighted by Gasteiger charge is 2.05. The van der Waals surface area contributed by atoms with Crippen molar-refractivity contribution in [2.75, 3.05) is 10.7 Å². The lowest BCUT2D eigenvalue weighted by Crippen LogP contribution is -2.22. The second kappa shape index (κ2) is 7.96. The highest BCUT2D eigenvalue weighted by molar-refractivity contribution is 9.10. The van der Waals surface area contributed by atoms with Crippen LogP contribution in [0.5, 0.6) is 0 Å². The van der Waals surface area contributed by atoms with E-state index in [1.807, 2.05) is 48.5 Å². The molecule has 0 aliphatic heterocycles. The van der Waals surface area contributed by atoms with Gasteiger partial charge in [0, 0.05) is 11.0 Å². The molecule has 0 aromatic heterocycles. The molecule has 0 unspecified atom stereocenters. The van der Waals surface area contributed by atoms with Crippen LogP contribution in [0.2, 0.25) is 0 Å². The number of nitrogens with two attached hydrogens (primary N) is 1. The molecular weight excluding hydrogens is 356 g/mol. The van der Waals surface area contributed by atoms with E-state index in [2.05, 4.69) is 31.8 Å². The summed E-state index contributed by atoms with van der Waals surface area (Å²) in [4.78, 5) is 0. The Kier molecular flexibility index (Phi) is 5.72. The van der Waals surface area contributed by atoms with E-state index in [0.717, 1.165) is 15.7 Å². The van der Waals surface area contributed by atoms with Gasteiger partial charge < -0.3 is 11.1 Å². The Bertz CT molecular complexity index is 764. The summed E-state index contributed by atoms with van der Waals surface area (Å²) in [7, 11) is 0. The second-order valence-electron chi connectivity index (χ2n) is 4.63. The fourth-order valence-electron chi connectivity index (χ4n) is 1.82. The van der Waals surface area contributed by atoms with Gasteiger partial charge in [0.25, 0.3) is 0 Å². The second-order valence-corrected chi connectivity index (χ2v) is 5.54. The van der Waals surface area contributed by atoms with E-state index < -0.39 is 0 Å². The van der Waals surface area contributed by atoms with Crippen molar-refractivity contribution in [3.05, 3.63) is 58.6 Å². The number of halogens is 1. The van der Waals surface area contributed by atoms with Gasteiger partial charge in [0.05, 0.1) is 11.4 Å². The molecule has 0 radical (unpaired) electrons. The van der Waals surface area contributed by atoms with Crippen LogP contribution in [-0.4, -0.2) is 11.5 Å². The molecule has 5 N–H and O–H groups in total. The van der Waals surface area contributed by atoms with Crippen molar-refractivity contribution in [3.8, 4) is 6.07 Å². The van der Waals surface area contributed by atoms with Crippen molar-refractivity contribution in [1.29, 1.82) is 10.7 Å². The van der Waals surface area contributed by atoms with Crippen molar-refractivity contribution in [2.24, 2.45) is 10.8 Å². The number of rotatable bonds is 6. The monoisotopic (exact) mass is 370 g/mol. The molecule has 0 bridgehead atoms. The zero-order chi connectivity index (χ0) is 16.7. The Morgan fingerprint density at radius 2 is 1.96 bits per heavy atom. The first kappa shape index (κ1) is 16.5. The molecule has 116 valence electrons. The molecule has 0 saturated carbocycles. The SMILES string of the molecule is N#C/C(=N\Nc1cc(Br)ccc1NCc1ccccc1)C(=N)N. The van der Waals surface area contributed by atoms with Crippen LogP contribution in [0.3, 0.4) is 0 Å². The highest BCUT2D eigenvalue weighted by atomic mass is 79.9. The zero-order valence-corrected chi connectivity index (χ0v) is 13.8. The maximum absolute atomic E-state index is 8.88. The van der Waals surface area contributed by atoms with E-state index in [-0.39, 0.29) is 11.5 Å². The Labute approximate surface area is 142 Å². The number of benzene rings is 2. The number of nitrogens with one attached hydrogen (secondary N) is 3. The molecule has 0 amide bonds. The summed E-state index contributed by atoms with van der Waals surface area (Å²) in [6.07, 6.45) is 0. The predicted octanol–water partition coefficient (Wildman–Crippen LogP) is 3.29. The first-order chi connectivity index (χ1) is 11.1. The lowest BCUT2D eigenvalue weighted by Gasteiger charge is -2.12. The molecule has 0 spiro atoms. The number of hydrogen-bond donors (Lipinski definition) is 4. The maximum Gasteiger partial charge on any atom is 0.201 e. The number of nitriles is 1. The normalized spacial score (nSPS) is 10.7. The third kappa shape index (κ3) is 4.83. The van der Waals surface area contributed by atoms with Crippen molar-refractivity contribution >= 4 is 38.9 Å². The molecule has 0 aliphatic rings. The average Bonchev–Trinajstić information content (AvgIpc) is 2.55. The van der Waals surface area contributed by atoms with E-state index in [4.69, 9.17) is 16.4 Å². The lowest BCUT2D eigenvalue weighted by atomic mass is 10.2. The first-order valence-electron chi connectivity index (χ1n) is 6.75. The summed E-state index contributed by atoms with van der Waals surface area (Å²) in [6.45, 7) is 0.651. The van der Waals surface area contributed by atoms with Gasteiger partial charge in [0.1, 0.15) is 6.07 Å². The van der Waals surface area contributed by atoms with Gasteiger partial charge in [-0.2, -0.15) is 10.4 Å². The zero-order valence-electron chi connectivity index (χ0n) is 12.2. The van der Waals surface area contributed by atoms with Crippen LogP contribution in [0.25, 0.3) is 0 Å². The molecule has 2 rings (SSSR count). The molecular formula is C16H15BrN6. The van der Waals surface area contributed by atoms with Crippen molar-refractivity contribution in [3.63, 3.8) is 0 Å².